The van der Waals surface area contributed by atoms with Crippen LogP contribution in [0.3, 0.4) is 0 Å². The number of rotatable bonds is 5. The Morgan fingerprint density at radius 2 is 1.92 bits per heavy atom. The lowest BCUT2D eigenvalue weighted by atomic mass is 10.1. The molecule has 2 rings (SSSR count). The fourth-order valence-electron chi connectivity index (χ4n) is 2.08. The number of hydrogen-bond donors (Lipinski definition) is 2. The summed E-state index contributed by atoms with van der Waals surface area (Å²) in [7, 11) is -3.15. The zero-order valence-electron chi connectivity index (χ0n) is 12.4. The van der Waals surface area contributed by atoms with Gasteiger partial charge >= 0.3 is 0 Å². The van der Waals surface area contributed by atoms with E-state index in [-0.39, 0.29) is 27.6 Å². The number of benzene rings is 2. The first-order chi connectivity index (χ1) is 11.3. The molecule has 7 nitrogen and oxygen atoms in total. The normalized spacial score (nSPS) is 11.0. The quantitative estimate of drug-likeness (QED) is 0.484. The SMILES string of the molecule is CN(O)C(=O)c1cccc(S(=O)(=O)c2cccc(F)c2)c1NC=O. The van der Waals surface area contributed by atoms with Gasteiger partial charge in [-0.15, -0.1) is 0 Å². The van der Waals surface area contributed by atoms with Crippen LogP contribution in [0.5, 0.6) is 0 Å². The van der Waals surface area contributed by atoms with Gasteiger partial charge in [0.25, 0.3) is 5.91 Å². The summed E-state index contributed by atoms with van der Waals surface area (Å²) in [5, 5.41) is 11.7. The van der Waals surface area contributed by atoms with Crippen LogP contribution in [0.25, 0.3) is 0 Å². The highest BCUT2D eigenvalue weighted by Gasteiger charge is 2.26. The molecule has 0 heterocycles. The highest BCUT2D eigenvalue weighted by Crippen LogP contribution is 2.31. The van der Waals surface area contributed by atoms with Crippen LogP contribution >= 0.6 is 0 Å². The van der Waals surface area contributed by atoms with Crippen molar-refractivity contribution >= 4 is 27.8 Å². The van der Waals surface area contributed by atoms with Gasteiger partial charge in [-0.2, -0.15) is 0 Å². The average molecular weight is 352 g/mol. The van der Waals surface area contributed by atoms with Crippen LogP contribution in [0.1, 0.15) is 10.4 Å². The molecule has 0 aromatic heterocycles. The fourth-order valence-corrected chi connectivity index (χ4v) is 3.55. The number of carbonyl (C=O) groups is 2. The minimum absolute atomic E-state index is 0.202. The lowest BCUT2D eigenvalue weighted by Gasteiger charge is -2.15. The fraction of sp³-hybridized carbons (Fsp3) is 0.0667. The summed E-state index contributed by atoms with van der Waals surface area (Å²) < 4.78 is 38.8. The Hall–Kier alpha value is -2.78. The van der Waals surface area contributed by atoms with Crippen molar-refractivity contribution in [1.29, 1.82) is 0 Å². The molecule has 9 heteroatoms. The van der Waals surface area contributed by atoms with Crippen molar-refractivity contribution in [1.82, 2.24) is 5.06 Å². The molecule has 126 valence electrons. The van der Waals surface area contributed by atoms with Crippen LogP contribution in [-0.4, -0.2) is 38.1 Å². The molecule has 0 aliphatic carbocycles. The van der Waals surface area contributed by atoms with E-state index >= 15 is 0 Å². The summed E-state index contributed by atoms with van der Waals surface area (Å²) >= 11 is 0. The molecule has 2 amide bonds. The second-order valence-corrected chi connectivity index (χ2v) is 6.65. The molecular weight excluding hydrogens is 339 g/mol. The Labute approximate surface area is 137 Å². The number of anilines is 1. The number of sulfone groups is 1. The van der Waals surface area contributed by atoms with Crippen molar-refractivity contribution in [3.8, 4) is 0 Å². The van der Waals surface area contributed by atoms with Gasteiger partial charge in [0.05, 0.1) is 21.0 Å². The molecule has 2 N–H and O–H groups in total. The number of para-hydroxylation sites is 1. The maximum absolute atomic E-state index is 13.3. The molecule has 0 unspecified atom stereocenters. The summed E-state index contributed by atoms with van der Waals surface area (Å²) in [6.07, 6.45) is 0.202. The molecule has 0 atom stereocenters. The van der Waals surface area contributed by atoms with Gasteiger partial charge in [0.2, 0.25) is 16.2 Å². The maximum Gasteiger partial charge on any atom is 0.279 e. The third kappa shape index (κ3) is 3.26. The van der Waals surface area contributed by atoms with E-state index in [0.29, 0.717) is 0 Å². The molecule has 0 aliphatic rings. The van der Waals surface area contributed by atoms with E-state index in [0.717, 1.165) is 19.2 Å². The predicted octanol–water partition coefficient (Wildman–Crippen LogP) is 1.69. The average Bonchev–Trinajstić information content (AvgIpc) is 2.54. The van der Waals surface area contributed by atoms with Gasteiger partial charge in [0, 0.05) is 7.05 Å². The summed E-state index contributed by atoms with van der Waals surface area (Å²) in [4.78, 5) is 22.1. The smallest absolute Gasteiger partial charge is 0.279 e. The van der Waals surface area contributed by atoms with Gasteiger partial charge in [0.15, 0.2) is 0 Å². The Balaban J connectivity index is 2.72. The van der Waals surface area contributed by atoms with Crippen LogP contribution in [-0.2, 0) is 14.6 Å². The maximum atomic E-state index is 13.3. The van der Waals surface area contributed by atoms with Crippen LogP contribution in [0.4, 0.5) is 10.1 Å². The van der Waals surface area contributed by atoms with Crippen molar-refractivity contribution in [2.24, 2.45) is 0 Å². The second-order valence-electron chi connectivity index (χ2n) is 4.73. The van der Waals surface area contributed by atoms with Crippen molar-refractivity contribution in [3.05, 3.63) is 53.8 Å². The van der Waals surface area contributed by atoms with Crippen LogP contribution in [0.2, 0.25) is 0 Å². The van der Waals surface area contributed by atoms with Crippen LogP contribution in [0.15, 0.2) is 52.3 Å². The molecule has 24 heavy (non-hydrogen) atoms. The Morgan fingerprint density at radius 3 is 2.50 bits per heavy atom. The molecular formula is C15H13FN2O5S. The van der Waals surface area contributed by atoms with E-state index in [4.69, 9.17) is 0 Å². The van der Waals surface area contributed by atoms with E-state index in [9.17, 15) is 27.6 Å². The van der Waals surface area contributed by atoms with E-state index in [2.05, 4.69) is 5.32 Å². The second kappa shape index (κ2) is 6.77. The van der Waals surface area contributed by atoms with Gasteiger partial charge in [-0.3, -0.25) is 14.8 Å². The van der Waals surface area contributed by atoms with Crippen LogP contribution in [0, 0.1) is 5.82 Å². The first kappa shape index (κ1) is 17.6. The first-order valence-electron chi connectivity index (χ1n) is 6.60. The summed E-state index contributed by atoms with van der Waals surface area (Å²) in [6.45, 7) is 0. The molecule has 2 aromatic carbocycles. The highest BCUT2D eigenvalue weighted by atomic mass is 32.2. The van der Waals surface area contributed by atoms with Crippen molar-refractivity contribution in [2.45, 2.75) is 9.79 Å². The van der Waals surface area contributed by atoms with Gasteiger partial charge < -0.3 is 5.32 Å². The van der Waals surface area contributed by atoms with E-state index in [1.165, 1.54) is 30.3 Å². The number of nitrogens with one attached hydrogen (secondary N) is 1. The third-order valence-corrected chi connectivity index (χ3v) is 4.94. The topological polar surface area (TPSA) is 104 Å². The Bertz CT molecular complexity index is 896. The van der Waals surface area contributed by atoms with Gasteiger partial charge in [-0.25, -0.2) is 17.9 Å². The zero-order valence-corrected chi connectivity index (χ0v) is 13.2. The summed E-state index contributed by atoms with van der Waals surface area (Å²) in [5.74, 6) is -1.67. The number of carbonyl (C=O) groups excluding carboxylic acids is 2. The molecule has 0 saturated heterocycles. The van der Waals surface area contributed by atoms with Gasteiger partial charge in [-0.1, -0.05) is 12.1 Å². The minimum atomic E-state index is -4.21. The number of nitrogens with zero attached hydrogens (tertiary/aromatic N) is 1. The molecule has 0 fully saturated rings. The summed E-state index contributed by atoms with van der Waals surface area (Å²) in [5.41, 5.74) is -0.535. The number of hydroxylamine groups is 2. The lowest BCUT2D eigenvalue weighted by Crippen LogP contribution is -2.24. The molecule has 0 bridgehead atoms. The zero-order chi connectivity index (χ0) is 17.9. The highest BCUT2D eigenvalue weighted by molar-refractivity contribution is 7.91. The van der Waals surface area contributed by atoms with E-state index in [1.54, 1.807) is 0 Å². The van der Waals surface area contributed by atoms with Crippen molar-refractivity contribution in [2.75, 3.05) is 12.4 Å². The predicted molar refractivity (Wildman–Crippen MR) is 81.9 cm³/mol. The Kier molecular flexibility index (Phi) is 4.96. The standard InChI is InChI=1S/C15H13FN2O5S/c1-18(21)15(20)12-6-3-7-13(14(12)17-9-19)24(22,23)11-5-2-4-10(16)8-11/h2-9,21H,1H3,(H,17,19). The molecule has 0 saturated carbocycles. The number of amides is 2. The van der Waals surface area contributed by atoms with Crippen molar-refractivity contribution < 1.29 is 27.6 Å². The molecule has 0 aliphatic heterocycles. The van der Waals surface area contributed by atoms with E-state index in [1.807, 2.05) is 0 Å². The number of halogens is 1. The largest absolute Gasteiger partial charge is 0.327 e. The Morgan fingerprint density at radius 1 is 1.25 bits per heavy atom. The van der Waals surface area contributed by atoms with Crippen molar-refractivity contribution in [3.63, 3.8) is 0 Å². The molecule has 0 spiro atoms. The molecule has 2 aromatic rings. The van der Waals surface area contributed by atoms with Crippen LogP contribution < -0.4 is 5.32 Å². The van der Waals surface area contributed by atoms with Gasteiger partial charge in [-0.05, 0) is 30.3 Å². The van der Waals surface area contributed by atoms with E-state index < -0.39 is 26.5 Å². The first-order valence-corrected chi connectivity index (χ1v) is 8.08. The van der Waals surface area contributed by atoms with Gasteiger partial charge in [0.1, 0.15) is 5.82 Å². The monoisotopic (exact) mass is 352 g/mol. The third-order valence-electron chi connectivity index (χ3n) is 3.15. The summed E-state index contributed by atoms with van der Waals surface area (Å²) in [6, 6.07) is 8.02. The lowest BCUT2D eigenvalue weighted by molar-refractivity contribution is -0.105. The minimum Gasteiger partial charge on any atom is -0.327 e. The molecule has 0 radical (unpaired) electrons. The number of hydrogen-bond acceptors (Lipinski definition) is 5.